The van der Waals surface area contributed by atoms with Crippen molar-refractivity contribution in [2.75, 3.05) is 6.61 Å². The summed E-state index contributed by atoms with van der Waals surface area (Å²) in [6, 6.07) is 0. The van der Waals surface area contributed by atoms with Gasteiger partial charge in [0.2, 0.25) is 0 Å². The molecule has 6 heteroatoms. The molecule has 166 valence electrons. The Hall–Kier alpha value is -0.950. The van der Waals surface area contributed by atoms with Crippen molar-refractivity contribution >= 4 is 5.97 Å². The molecule has 6 aliphatic rings. The first-order chi connectivity index (χ1) is 13.9. The summed E-state index contributed by atoms with van der Waals surface area (Å²) >= 11 is 0. The van der Waals surface area contributed by atoms with Crippen LogP contribution in [-0.4, -0.2) is 58.4 Å². The van der Waals surface area contributed by atoms with Crippen LogP contribution < -0.4 is 0 Å². The lowest BCUT2D eigenvalue weighted by atomic mass is 9.45. The summed E-state index contributed by atoms with van der Waals surface area (Å²) < 4.78 is 25.1. The molecule has 0 aromatic heterocycles. The number of rotatable bonds is 2. The van der Waals surface area contributed by atoms with Gasteiger partial charge in [-0.1, -0.05) is 20.8 Å². The Morgan fingerprint density at radius 1 is 1.17 bits per heavy atom. The normalized spacial score (nSPS) is 53.4. The molecule has 2 saturated carbocycles. The maximum absolute atomic E-state index is 12.5. The zero-order chi connectivity index (χ0) is 21.5. The third-order valence-electron chi connectivity index (χ3n) is 9.25. The summed E-state index contributed by atoms with van der Waals surface area (Å²) in [6.07, 6.45) is 2.30. The van der Waals surface area contributed by atoms with Crippen LogP contribution in [0.15, 0.2) is 11.1 Å². The Morgan fingerprint density at radius 3 is 2.57 bits per heavy atom. The molecule has 1 N–H and O–H groups in total. The van der Waals surface area contributed by atoms with Crippen molar-refractivity contribution < 1.29 is 28.8 Å². The van der Waals surface area contributed by atoms with Crippen molar-refractivity contribution in [2.24, 2.45) is 17.3 Å². The van der Waals surface area contributed by atoms with E-state index in [-0.39, 0.29) is 35.4 Å². The minimum absolute atomic E-state index is 0.0439. The molecule has 0 amide bonds. The maximum Gasteiger partial charge on any atom is 0.334 e. The largest absolute Gasteiger partial charge is 0.458 e. The number of carbonyl (C=O) groups excluding carboxylic acids is 1. The fourth-order valence-electron chi connectivity index (χ4n) is 7.90. The van der Waals surface area contributed by atoms with Crippen LogP contribution in [0.1, 0.15) is 67.2 Å². The maximum atomic E-state index is 12.5. The molecule has 30 heavy (non-hydrogen) atoms. The van der Waals surface area contributed by atoms with Crippen LogP contribution in [0.25, 0.3) is 0 Å². The first-order valence-corrected chi connectivity index (χ1v) is 11.6. The van der Waals surface area contributed by atoms with Gasteiger partial charge in [-0.05, 0) is 63.9 Å². The van der Waals surface area contributed by atoms with Gasteiger partial charge in [-0.15, -0.1) is 0 Å². The fraction of sp³-hybridized carbons (Fsp3) is 0.875. The second-order valence-corrected chi connectivity index (χ2v) is 11.9. The highest BCUT2D eigenvalue weighted by Crippen LogP contribution is 2.78. The van der Waals surface area contributed by atoms with Crippen LogP contribution in [-0.2, 0) is 23.7 Å². The van der Waals surface area contributed by atoms with E-state index in [1.54, 1.807) is 0 Å². The number of epoxide rings is 2. The van der Waals surface area contributed by atoms with E-state index in [0.29, 0.717) is 19.4 Å². The number of hydrogen-bond donors (Lipinski definition) is 1. The van der Waals surface area contributed by atoms with E-state index in [1.165, 1.54) is 0 Å². The van der Waals surface area contributed by atoms with Crippen molar-refractivity contribution in [3.63, 3.8) is 0 Å². The van der Waals surface area contributed by atoms with Gasteiger partial charge in [-0.25, -0.2) is 4.79 Å². The van der Waals surface area contributed by atoms with Gasteiger partial charge in [0, 0.05) is 11.0 Å². The van der Waals surface area contributed by atoms with Gasteiger partial charge in [0.15, 0.2) is 0 Å². The molecule has 1 spiro atoms. The molecule has 8 atom stereocenters. The highest BCUT2D eigenvalue weighted by atomic mass is 16.7. The molecule has 2 saturated heterocycles. The second-order valence-electron chi connectivity index (χ2n) is 11.9. The molecule has 0 aromatic rings. The minimum Gasteiger partial charge on any atom is -0.458 e. The molecule has 6 nitrogen and oxygen atoms in total. The summed E-state index contributed by atoms with van der Waals surface area (Å²) in [4.78, 5) is 12.2. The summed E-state index contributed by atoms with van der Waals surface area (Å²) in [5.74, 6) is 0.257. The van der Waals surface area contributed by atoms with Gasteiger partial charge in [-0.2, -0.15) is 0 Å². The summed E-state index contributed by atoms with van der Waals surface area (Å²) in [5.41, 5.74) is -0.975. The van der Waals surface area contributed by atoms with E-state index in [4.69, 9.17) is 18.9 Å². The van der Waals surface area contributed by atoms with Crippen molar-refractivity contribution in [1.29, 1.82) is 0 Å². The topological polar surface area (TPSA) is 80.8 Å². The monoisotopic (exact) mass is 418 g/mol. The van der Waals surface area contributed by atoms with Gasteiger partial charge >= 0.3 is 5.97 Å². The van der Waals surface area contributed by atoms with Crippen LogP contribution in [0.4, 0.5) is 0 Å². The predicted octanol–water partition coefficient (Wildman–Crippen LogP) is 2.91. The molecule has 3 heterocycles. The van der Waals surface area contributed by atoms with Gasteiger partial charge in [0.1, 0.15) is 41.7 Å². The van der Waals surface area contributed by atoms with E-state index < -0.39 is 28.5 Å². The molecule has 3 aliphatic heterocycles. The number of hydrogen-bond acceptors (Lipinski definition) is 6. The van der Waals surface area contributed by atoms with Gasteiger partial charge in [-0.3, -0.25) is 0 Å². The molecular weight excluding hydrogens is 384 g/mol. The fourth-order valence-corrected chi connectivity index (χ4v) is 7.90. The van der Waals surface area contributed by atoms with Crippen LogP contribution in [0.3, 0.4) is 0 Å². The quantitative estimate of drug-likeness (QED) is 0.549. The zero-order valence-corrected chi connectivity index (χ0v) is 18.9. The van der Waals surface area contributed by atoms with Crippen molar-refractivity contribution in [3.8, 4) is 0 Å². The van der Waals surface area contributed by atoms with E-state index in [0.717, 1.165) is 24.0 Å². The van der Waals surface area contributed by atoms with Crippen molar-refractivity contribution in [2.45, 2.75) is 108 Å². The standard InChI is InChI=1S/C24H34O6/c1-12(2)23-16(28-23)17-24(29-17)21(6)9-7-13-14(11-27-18(13)25)15(21)8-10-22(24,26)19(23)30-20(3,4)5/h12,15-17,19,26H,7-11H2,1-6H3/t15-,16-,17-,19-,21-,22+,23-,24+/m0/s1. The highest BCUT2D eigenvalue weighted by molar-refractivity contribution is 5.92. The minimum atomic E-state index is -1.12. The van der Waals surface area contributed by atoms with Crippen molar-refractivity contribution in [3.05, 3.63) is 11.1 Å². The predicted molar refractivity (Wildman–Crippen MR) is 108 cm³/mol. The van der Waals surface area contributed by atoms with Crippen LogP contribution in [0, 0.1) is 17.3 Å². The molecular formula is C24H34O6. The van der Waals surface area contributed by atoms with Crippen LogP contribution >= 0.6 is 0 Å². The second kappa shape index (κ2) is 5.33. The van der Waals surface area contributed by atoms with Crippen LogP contribution in [0.5, 0.6) is 0 Å². The number of ether oxygens (including phenoxy) is 4. The Kier molecular flexibility index (Phi) is 3.50. The average molecular weight is 419 g/mol. The van der Waals surface area contributed by atoms with E-state index in [9.17, 15) is 9.90 Å². The van der Waals surface area contributed by atoms with Crippen molar-refractivity contribution in [1.82, 2.24) is 0 Å². The molecule has 6 rings (SSSR count). The van der Waals surface area contributed by atoms with Gasteiger partial charge < -0.3 is 24.1 Å². The third kappa shape index (κ3) is 1.95. The molecule has 0 radical (unpaired) electrons. The Bertz CT molecular complexity index is 871. The molecule has 0 bridgehead atoms. The zero-order valence-electron chi connectivity index (χ0n) is 18.9. The van der Waals surface area contributed by atoms with Gasteiger partial charge in [0.25, 0.3) is 0 Å². The average Bonchev–Trinajstić information content (AvgIpc) is 3.51. The first kappa shape index (κ1) is 19.7. The molecule has 0 unspecified atom stereocenters. The number of esters is 1. The number of fused-ring (bicyclic) bond motifs is 4. The molecule has 4 fully saturated rings. The number of aliphatic hydroxyl groups is 1. The Labute approximate surface area is 178 Å². The van der Waals surface area contributed by atoms with E-state index in [1.807, 2.05) is 20.8 Å². The summed E-state index contributed by atoms with van der Waals surface area (Å²) in [7, 11) is 0. The smallest absolute Gasteiger partial charge is 0.334 e. The number of carbonyl (C=O) groups is 1. The lowest BCUT2D eigenvalue weighted by Crippen LogP contribution is -2.74. The SMILES string of the molecule is CC(C)[C@]12O[C@H]1[C@@H]1O[C@@]13[C@@]1(C)CCC4=C(COC4=O)[C@@H]1CC[C@@]3(O)[C@@H]2OC(C)(C)C. The summed E-state index contributed by atoms with van der Waals surface area (Å²) in [6.45, 7) is 13.1. The number of cyclic esters (lactones) is 1. The summed E-state index contributed by atoms with van der Waals surface area (Å²) in [5, 5.41) is 12.5. The Balaban J connectivity index is 1.48. The van der Waals surface area contributed by atoms with Gasteiger partial charge in [0.05, 0.1) is 5.60 Å². The molecule has 3 aliphatic carbocycles. The lowest BCUT2D eigenvalue weighted by Gasteiger charge is -2.60. The third-order valence-corrected chi connectivity index (χ3v) is 9.25. The van der Waals surface area contributed by atoms with E-state index >= 15 is 0 Å². The van der Waals surface area contributed by atoms with Crippen LogP contribution in [0.2, 0.25) is 0 Å². The highest BCUT2D eigenvalue weighted by Gasteiger charge is 2.94. The van der Waals surface area contributed by atoms with E-state index in [2.05, 4.69) is 20.8 Å². The lowest BCUT2D eigenvalue weighted by molar-refractivity contribution is -0.254. The Morgan fingerprint density at radius 2 is 1.90 bits per heavy atom. The first-order valence-electron chi connectivity index (χ1n) is 11.6. The molecule has 0 aromatic carbocycles.